The molecule has 0 aromatic carbocycles. The smallest absolute Gasteiger partial charge is 0.339 e. The lowest BCUT2D eigenvalue weighted by Gasteiger charge is -2.41. The molecule has 25 nitrogen and oxygen atoms in total. The van der Waals surface area contributed by atoms with E-state index < -0.39 is 166 Å². The molecule has 4 unspecified atom stereocenters. The summed E-state index contributed by atoms with van der Waals surface area (Å²) in [5.74, 6) is -6.40. The van der Waals surface area contributed by atoms with Crippen LogP contribution in [0.4, 0.5) is 0 Å². The van der Waals surface area contributed by atoms with E-state index in [0.717, 1.165) is 0 Å². The van der Waals surface area contributed by atoms with Crippen molar-refractivity contribution < 1.29 is 108 Å². The van der Waals surface area contributed by atoms with Crippen molar-refractivity contribution in [1.82, 2.24) is 16.0 Å². The van der Waals surface area contributed by atoms with E-state index in [9.17, 15) is 79.8 Å². The topological polar surface area (TPSA) is 396 Å². The van der Waals surface area contributed by atoms with Crippen LogP contribution in [0.2, 0.25) is 0 Å². The van der Waals surface area contributed by atoms with Gasteiger partial charge >= 0.3 is 17.9 Å². The predicted octanol–water partition coefficient (Wildman–Crippen LogP) is -6.70. The SMILES string of the molecule is CCCC(=O)N[C@@H]1C(O)O[C@H](COC(=O)CC(O)(CC(=O)OC[C@H]2OC(O)[C@H](NC(=O)CCC)[C@@H](O)[C@@H]2O)C(=O)OC[C@H]2OC(O)[C@H](NC(=O)CCC)[C@@H](O)[C@@H]2O)[C@@H](O)[C@@H]1O. The van der Waals surface area contributed by atoms with Crippen molar-refractivity contribution in [2.75, 3.05) is 19.8 Å². The fourth-order valence-corrected chi connectivity index (χ4v) is 6.60. The summed E-state index contributed by atoms with van der Waals surface area (Å²) in [4.78, 5) is 75.6. The van der Waals surface area contributed by atoms with E-state index in [4.69, 9.17) is 28.4 Å². The average Bonchev–Trinajstić information content (AvgIpc) is 3.19. The zero-order valence-corrected chi connectivity index (χ0v) is 33.8. The second-order valence-electron chi connectivity index (χ2n) is 15.0. The monoisotopic (exact) mass is 885 g/mol. The minimum Gasteiger partial charge on any atom is -0.463 e. The molecule has 3 amide bonds. The van der Waals surface area contributed by atoms with Gasteiger partial charge in [0, 0.05) is 19.3 Å². The summed E-state index contributed by atoms with van der Waals surface area (Å²) in [6, 6.07) is -4.43. The fraction of sp³-hybridized carbons (Fsp3) is 0.833. The molecule has 13 N–H and O–H groups in total. The molecule has 3 aliphatic rings. The van der Waals surface area contributed by atoms with Gasteiger partial charge in [-0.2, -0.15) is 0 Å². The minimum atomic E-state index is -3.19. The lowest BCUT2D eigenvalue weighted by molar-refractivity contribution is -0.258. The molecule has 61 heavy (non-hydrogen) atoms. The molecule has 3 rings (SSSR count). The van der Waals surface area contributed by atoms with E-state index in [-0.39, 0.29) is 19.3 Å². The lowest BCUT2D eigenvalue weighted by atomic mass is 9.94. The van der Waals surface area contributed by atoms with Gasteiger partial charge in [-0.1, -0.05) is 20.8 Å². The van der Waals surface area contributed by atoms with Crippen LogP contribution >= 0.6 is 0 Å². The second-order valence-corrected chi connectivity index (χ2v) is 15.0. The molecule has 25 heteroatoms. The average molecular weight is 886 g/mol. The molecular weight excluding hydrogens is 826 g/mol. The minimum absolute atomic E-state index is 0.0192. The van der Waals surface area contributed by atoms with Gasteiger partial charge in [0.25, 0.3) is 0 Å². The number of hydrogen-bond donors (Lipinski definition) is 13. The van der Waals surface area contributed by atoms with Gasteiger partial charge in [-0.3, -0.25) is 24.0 Å². The Kier molecular flexibility index (Phi) is 20.0. The van der Waals surface area contributed by atoms with Crippen molar-refractivity contribution >= 4 is 35.6 Å². The highest BCUT2D eigenvalue weighted by Gasteiger charge is 2.50. The van der Waals surface area contributed by atoms with E-state index in [0.29, 0.717) is 19.3 Å². The summed E-state index contributed by atoms with van der Waals surface area (Å²) in [6.45, 7) is 2.23. The number of rotatable bonds is 20. The zero-order chi connectivity index (χ0) is 45.8. The molecule has 0 spiro atoms. The summed E-state index contributed by atoms with van der Waals surface area (Å²) in [5, 5.41) is 113. The Hall–Kier alpha value is -3.70. The summed E-state index contributed by atoms with van der Waals surface area (Å²) < 4.78 is 30.7. The normalized spacial score (nSPS) is 34.9. The maximum Gasteiger partial charge on any atom is 0.339 e. The number of carbonyl (C=O) groups is 6. The van der Waals surface area contributed by atoms with Crippen LogP contribution in [0.3, 0.4) is 0 Å². The first-order chi connectivity index (χ1) is 28.7. The summed E-state index contributed by atoms with van der Waals surface area (Å²) in [7, 11) is 0. The molecular formula is C36H59N3O22. The van der Waals surface area contributed by atoms with E-state index in [1.807, 2.05) is 0 Å². The van der Waals surface area contributed by atoms with Crippen molar-refractivity contribution in [3.05, 3.63) is 0 Å². The zero-order valence-electron chi connectivity index (χ0n) is 33.8. The number of aliphatic hydroxyl groups is 10. The Balaban J connectivity index is 1.71. The third-order valence-electron chi connectivity index (χ3n) is 10.0. The molecule has 0 bridgehead atoms. The Bertz CT molecular complexity index is 1420. The number of carbonyl (C=O) groups excluding carboxylic acids is 6. The molecule has 0 aliphatic carbocycles. The summed E-state index contributed by atoms with van der Waals surface area (Å²) in [6.07, 6.45) is -23.2. The Labute approximate surface area is 349 Å². The molecule has 350 valence electrons. The Morgan fingerprint density at radius 3 is 1.03 bits per heavy atom. The van der Waals surface area contributed by atoms with Crippen molar-refractivity contribution in [1.29, 1.82) is 0 Å². The molecule has 0 aromatic rings. The first-order valence-electron chi connectivity index (χ1n) is 19.9. The highest BCUT2D eigenvalue weighted by atomic mass is 16.7. The van der Waals surface area contributed by atoms with Crippen LogP contribution in [-0.4, -0.2) is 204 Å². The van der Waals surface area contributed by atoms with Gasteiger partial charge < -0.3 is 95.4 Å². The molecule has 0 radical (unpaired) electrons. The molecule has 3 fully saturated rings. The molecule has 16 atom stereocenters. The van der Waals surface area contributed by atoms with Gasteiger partial charge in [0.05, 0.1) is 12.8 Å². The first kappa shape index (κ1) is 51.6. The summed E-state index contributed by atoms with van der Waals surface area (Å²) in [5.41, 5.74) is -3.19. The van der Waals surface area contributed by atoms with Crippen LogP contribution < -0.4 is 16.0 Å². The Morgan fingerprint density at radius 2 is 0.754 bits per heavy atom. The number of amides is 3. The van der Waals surface area contributed by atoms with Gasteiger partial charge in [-0.05, 0) is 19.3 Å². The predicted molar refractivity (Wildman–Crippen MR) is 196 cm³/mol. The van der Waals surface area contributed by atoms with E-state index in [1.165, 1.54) is 0 Å². The van der Waals surface area contributed by atoms with E-state index in [2.05, 4.69) is 16.0 Å². The highest BCUT2D eigenvalue weighted by molar-refractivity contribution is 5.90. The van der Waals surface area contributed by atoms with Gasteiger partial charge in [-0.15, -0.1) is 0 Å². The third kappa shape index (κ3) is 14.2. The van der Waals surface area contributed by atoms with Crippen LogP contribution in [0.25, 0.3) is 0 Å². The van der Waals surface area contributed by atoms with Gasteiger partial charge in [0.1, 0.15) is 92.9 Å². The number of nitrogens with one attached hydrogen (secondary N) is 3. The van der Waals surface area contributed by atoms with Crippen LogP contribution in [0.5, 0.6) is 0 Å². The number of esters is 3. The van der Waals surface area contributed by atoms with E-state index >= 15 is 0 Å². The molecule has 3 aliphatic heterocycles. The molecule has 0 aromatic heterocycles. The largest absolute Gasteiger partial charge is 0.463 e. The Morgan fingerprint density at radius 1 is 0.475 bits per heavy atom. The van der Waals surface area contributed by atoms with Crippen LogP contribution in [0, 0.1) is 0 Å². The van der Waals surface area contributed by atoms with E-state index in [1.54, 1.807) is 20.8 Å². The number of hydrogen-bond acceptors (Lipinski definition) is 22. The lowest BCUT2D eigenvalue weighted by Crippen LogP contribution is -2.64. The standard InChI is InChI=1S/C36H59N3O22/c1-4-7-18(40)37-23-29(48)26(45)15(59-32(23)51)12-56-21(43)10-36(55,35(54)58-14-17-28(47)31(50)25(34(53)61-17)39-20(42)9-6-3)11-22(44)57-13-16-27(46)30(49)24(33(52)60-16)38-19(41)8-5-2/h15-17,23-34,45-53,55H,4-14H2,1-3H3,(H,37,40)(H,38,41)(H,39,42)/t15-,16-,17-,23-,24+,25-,26-,27-,28-,29-,30-,31-,32?,33?,34?,36?/m1/s1. The van der Waals surface area contributed by atoms with Crippen molar-refractivity contribution in [3.63, 3.8) is 0 Å². The first-order valence-corrected chi connectivity index (χ1v) is 19.9. The quantitative estimate of drug-likeness (QED) is 0.0399. The second kappa shape index (κ2) is 23.7. The maximum atomic E-state index is 13.4. The van der Waals surface area contributed by atoms with Crippen molar-refractivity contribution in [2.24, 2.45) is 0 Å². The van der Waals surface area contributed by atoms with Crippen LogP contribution in [-0.2, 0) is 57.2 Å². The maximum absolute atomic E-state index is 13.4. The van der Waals surface area contributed by atoms with Crippen molar-refractivity contribution in [2.45, 2.75) is 170 Å². The van der Waals surface area contributed by atoms with Crippen LogP contribution in [0.15, 0.2) is 0 Å². The fourth-order valence-electron chi connectivity index (χ4n) is 6.60. The van der Waals surface area contributed by atoms with Gasteiger partial charge in [-0.25, -0.2) is 4.79 Å². The number of aliphatic hydroxyl groups excluding tert-OH is 9. The third-order valence-corrected chi connectivity index (χ3v) is 10.0. The highest BCUT2D eigenvalue weighted by Crippen LogP contribution is 2.26. The van der Waals surface area contributed by atoms with Gasteiger partial charge in [0.15, 0.2) is 24.5 Å². The summed E-state index contributed by atoms with van der Waals surface area (Å²) >= 11 is 0. The number of ether oxygens (including phenoxy) is 6. The molecule has 0 saturated carbocycles. The molecule has 3 saturated heterocycles. The molecule has 3 heterocycles. The van der Waals surface area contributed by atoms with Crippen LogP contribution in [0.1, 0.15) is 72.1 Å². The van der Waals surface area contributed by atoms with Gasteiger partial charge in [0.2, 0.25) is 17.7 Å². The van der Waals surface area contributed by atoms with Crippen molar-refractivity contribution in [3.8, 4) is 0 Å².